The van der Waals surface area contributed by atoms with Gasteiger partial charge in [0.1, 0.15) is 12.3 Å². The molecular formula is C22H28N6O3. The van der Waals surface area contributed by atoms with Gasteiger partial charge in [0.15, 0.2) is 6.61 Å². The van der Waals surface area contributed by atoms with Crippen molar-refractivity contribution in [1.29, 1.82) is 0 Å². The molecule has 0 atom stereocenters. The predicted octanol–water partition coefficient (Wildman–Crippen LogP) is 2.01. The summed E-state index contributed by atoms with van der Waals surface area (Å²) >= 11 is 0. The van der Waals surface area contributed by atoms with Crippen molar-refractivity contribution in [3.05, 3.63) is 36.2 Å². The first-order chi connectivity index (χ1) is 15.1. The van der Waals surface area contributed by atoms with E-state index in [2.05, 4.69) is 26.3 Å². The molecule has 2 N–H and O–H groups in total. The molecule has 9 heteroatoms. The van der Waals surface area contributed by atoms with Crippen molar-refractivity contribution in [2.45, 2.75) is 58.1 Å². The second kappa shape index (κ2) is 8.28. The van der Waals surface area contributed by atoms with E-state index in [-0.39, 0.29) is 24.5 Å². The summed E-state index contributed by atoms with van der Waals surface area (Å²) in [5.41, 5.74) is 5.20. The molecule has 0 radical (unpaired) electrons. The smallest absolute Gasteiger partial charge is 0.262 e. The lowest BCUT2D eigenvalue weighted by Crippen LogP contribution is -2.50. The quantitative estimate of drug-likeness (QED) is 0.658. The first kappa shape index (κ1) is 20.0. The summed E-state index contributed by atoms with van der Waals surface area (Å²) < 4.78 is 5.57. The van der Waals surface area contributed by atoms with Crippen LogP contribution < -0.4 is 15.6 Å². The lowest BCUT2D eigenvalue weighted by molar-refractivity contribution is -0.134. The Kier molecular flexibility index (Phi) is 5.33. The van der Waals surface area contributed by atoms with E-state index in [0.717, 1.165) is 37.0 Å². The molecule has 0 unspecified atom stereocenters. The molecule has 0 spiro atoms. The standard InChI is InChI=1S/C22H28N6O3/c29-20(12-22-9-15-6-16(10-22)8-17(7-15)11-22)24-25-21(30)13-28-26-19(23-27-28)14-31-18-4-2-1-3-5-18/h1-5,15-17H,6-14H2,(H,24,29)(H,25,30). The maximum atomic E-state index is 12.5. The predicted molar refractivity (Wildman–Crippen MR) is 110 cm³/mol. The fourth-order valence-electron chi connectivity index (χ4n) is 6.26. The maximum Gasteiger partial charge on any atom is 0.262 e. The monoisotopic (exact) mass is 424 g/mol. The molecule has 164 valence electrons. The number of aromatic nitrogens is 4. The van der Waals surface area contributed by atoms with Crippen molar-refractivity contribution in [3.63, 3.8) is 0 Å². The van der Waals surface area contributed by atoms with Crippen molar-refractivity contribution < 1.29 is 14.3 Å². The van der Waals surface area contributed by atoms with Crippen LogP contribution in [0.2, 0.25) is 0 Å². The van der Waals surface area contributed by atoms with Gasteiger partial charge in [0, 0.05) is 6.42 Å². The zero-order chi connectivity index (χ0) is 21.3. The molecule has 1 heterocycles. The number of hydrazine groups is 1. The van der Waals surface area contributed by atoms with Crippen LogP contribution in [0.4, 0.5) is 0 Å². The molecule has 4 aliphatic rings. The third kappa shape index (κ3) is 4.70. The number of nitrogens with zero attached hydrogens (tertiary/aromatic N) is 4. The molecule has 1 aromatic carbocycles. The van der Waals surface area contributed by atoms with Gasteiger partial charge in [-0.15, -0.1) is 10.2 Å². The number of hydrogen-bond acceptors (Lipinski definition) is 6. The summed E-state index contributed by atoms with van der Waals surface area (Å²) in [5, 5.41) is 11.9. The van der Waals surface area contributed by atoms with Crippen LogP contribution in [0.25, 0.3) is 0 Å². The number of benzene rings is 1. The number of hydrogen-bond donors (Lipinski definition) is 2. The topological polar surface area (TPSA) is 111 Å². The minimum Gasteiger partial charge on any atom is -0.485 e. The van der Waals surface area contributed by atoms with Crippen LogP contribution in [0, 0.1) is 23.2 Å². The van der Waals surface area contributed by atoms with E-state index in [1.54, 1.807) is 0 Å². The average molecular weight is 425 g/mol. The van der Waals surface area contributed by atoms with Crippen molar-refractivity contribution in [3.8, 4) is 5.75 Å². The Labute approximate surface area is 180 Å². The summed E-state index contributed by atoms with van der Waals surface area (Å²) in [6.45, 7) is 0.0312. The summed E-state index contributed by atoms with van der Waals surface area (Å²) in [7, 11) is 0. The number of para-hydroxylation sites is 1. The molecule has 4 fully saturated rings. The number of carbonyl (C=O) groups is 2. The number of nitrogens with one attached hydrogen (secondary N) is 2. The highest BCUT2D eigenvalue weighted by molar-refractivity contribution is 5.82. The van der Waals surface area contributed by atoms with Crippen molar-refractivity contribution >= 4 is 11.8 Å². The molecule has 9 nitrogen and oxygen atoms in total. The van der Waals surface area contributed by atoms with Gasteiger partial charge < -0.3 is 4.74 Å². The largest absolute Gasteiger partial charge is 0.485 e. The molecule has 4 aliphatic carbocycles. The van der Waals surface area contributed by atoms with E-state index >= 15 is 0 Å². The highest BCUT2D eigenvalue weighted by atomic mass is 16.5. The van der Waals surface area contributed by atoms with Crippen LogP contribution in [0.15, 0.2) is 30.3 Å². The maximum absolute atomic E-state index is 12.5. The van der Waals surface area contributed by atoms with Crippen molar-refractivity contribution in [2.75, 3.05) is 0 Å². The van der Waals surface area contributed by atoms with Crippen LogP contribution in [0.5, 0.6) is 5.75 Å². The number of carbonyl (C=O) groups excluding carboxylic acids is 2. The minimum atomic E-state index is -0.396. The minimum absolute atomic E-state index is 0.112. The number of rotatable bonds is 7. The highest BCUT2D eigenvalue weighted by Gasteiger charge is 2.51. The zero-order valence-electron chi connectivity index (χ0n) is 17.5. The summed E-state index contributed by atoms with van der Waals surface area (Å²) in [6, 6.07) is 9.33. The number of amides is 2. The van der Waals surface area contributed by atoms with Gasteiger partial charge in [-0.3, -0.25) is 20.4 Å². The lowest BCUT2D eigenvalue weighted by atomic mass is 9.49. The molecule has 4 bridgehead atoms. The van der Waals surface area contributed by atoms with Crippen LogP contribution in [-0.2, 0) is 22.7 Å². The average Bonchev–Trinajstić information content (AvgIpc) is 3.17. The van der Waals surface area contributed by atoms with Gasteiger partial charge in [-0.2, -0.15) is 4.80 Å². The van der Waals surface area contributed by atoms with Crippen LogP contribution in [0.1, 0.15) is 50.8 Å². The Balaban J connectivity index is 1.06. The van der Waals surface area contributed by atoms with E-state index in [0.29, 0.717) is 18.0 Å². The molecule has 2 amide bonds. The molecule has 6 rings (SSSR count). The zero-order valence-corrected chi connectivity index (χ0v) is 17.5. The van der Waals surface area contributed by atoms with E-state index in [9.17, 15) is 9.59 Å². The van der Waals surface area contributed by atoms with Gasteiger partial charge in [-0.05, 0) is 79.0 Å². The Hall–Kier alpha value is -2.97. The third-order valence-electron chi connectivity index (χ3n) is 6.93. The number of tetrazole rings is 1. The molecule has 2 aromatic rings. The van der Waals surface area contributed by atoms with Crippen molar-refractivity contribution in [2.24, 2.45) is 23.2 Å². The Bertz CT molecular complexity index is 908. The van der Waals surface area contributed by atoms with Crippen LogP contribution >= 0.6 is 0 Å². The molecule has 0 saturated heterocycles. The van der Waals surface area contributed by atoms with E-state index < -0.39 is 5.91 Å². The third-order valence-corrected chi connectivity index (χ3v) is 6.93. The van der Waals surface area contributed by atoms with Crippen LogP contribution in [-0.4, -0.2) is 32.0 Å². The normalized spacial score (nSPS) is 28.3. The summed E-state index contributed by atoms with van der Waals surface area (Å²) in [4.78, 5) is 25.9. The van der Waals surface area contributed by atoms with Gasteiger partial charge in [-0.25, -0.2) is 0 Å². The van der Waals surface area contributed by atoms with Gasteiger partial charge >= 0.3 is 0 Å². The molecule has 31 heavy (non-hydrogen) atoms. The highest BCUT2D eigenvalue weighted by Crippen LogP contribution is 2.61. The molecule has 4 saturated carbocycles. The SMILES string of the molecule is O=C(Cn1nnc(COc2ccccc2)n1)NNC(=O)CC12CC3CC(CC(C3)C1)C2. The van der Waals surface area contributed by atoms with Crippen molar-refractivity contribution in [1.82, 2.24) is 31.1 Å². The van der Waals surface area contributed by atoms with Gasteiger partial charge in [-0.1, -0.05) is 18.2 Å². The first-order valence-electron chi connectivity index (χ1n) is 11.1. The number of ether oxygens (including phenoxy) is 1. The fraction of sp³-hybridized carbons (Fsp3) is 0.591. The second-order valence-electron chi connectivity index (χ2n) is 9.53. The van der Waals surface area contributed by atoms with E-state index in [4.69, 9.17) is 4.74 Å². The fourth-order valence-corrected chi connectivity index (χ4v) is 6.26. The van der Waals surface area contributed by atoms with Crippen LogP contribution in [0.3, 0.4) is 0 Å². The van der Waals surface area contributed by atoms with E-state index in [1.165, 1.54) is 24.1 Å². The van der Waals surface area contributed by atoms with E-state index in [1.807, 2.05) is 30.3 Å². The summed E-state index contributed by atoms with van der Waals surface area (Å²) in [5.74, 6) is 2.97. The Morgan fingerprint density at radius 1 is 1.00 bits per heavy atom. The Morgan fingerprint density at radius 2 is 1.65 bits per heavy atom. The molecular weight excluding hydrogens is 396 g/mol. The second-order valence-corrected chi connectivity index (χ2v) is 9.53. The Morgan fingerprint density at radius 3 is 2.32 bits per heavy atom. The summed E-state index contributed by atoms with van der Waals surface area (Å²) in [6.07, 6.45) is 8.03. The van der Waals surface area contributed by atoms with Gasteiger partial charge in [0.2, 0.25) is 11.7 Å². The molecule has 0 aliphatic heterocycles. The molecule has 1 aromatic heterocycles. The van der Waals surface area contributed by atoms with Gasteiger partial charge in [0.25, 0.3) is 5.91 Å². The lowest BCUT2D eigenvalue weighted by Gasteiger charge is -2.56. The van der Waals surface area contributed by atoms with Gasteiger partial charge in [0.05, 0.1) is 0 Å². The first-order valence-corrected chi connectivity index (χ1v) is 11.1.